The minimum absolute atomic E-state index is 0.0930. The number of benzene rings is 1. The van der Waals surface area contributed by atoms with Gasteiger partial charge >= 0.3 is 0 Å². The molecule has 0 saturated heterocycles. The summed E-state index contributed by atoms with van der Waals surface area (Å²) in [5, 5.41) is 7.91. The molecule has 0 atom stereocenters. The molecule has 0 unspecified atom stereocenters. The van der Waals surface area contributed by atoms with Crippen molar-refractivity contribution in [2.24, 2.45) is 15.9 Å². The Bertz CT molecular complexity index is 594. The maximum atomic E-state index is 11.2. The van der Waals surface area contributed by atoms with Gasteiger partial charge in [0.15, 0.2) is 5.96 Å². The summed E-state index contributed by atoms with van der Waals surface area (Å²) >= 11 is 0. The van der Waals surface area contributed by atoms with Crippen molar-refractivity contribution in [1.82, 2.24) is 5.32 Å². The molecule has 0 radical (unpaired) electrons. The highest BCUT2D eigenvalue weighted by Gasteiger charge is 2.09. The average Bonchev–Trinajstić information content (AvgIpc) is 2.33. The lowest BCUT2D eigenvalue weighted by Crippen LogP contribution is -2.31. The van der Waals surface area contributed by atoms with Crippen molar-refractivity contribution in [3.05, 3.63) is 42.0 Å². The molecule has 0 aliphatic carbocycles. The summed E-state index contributed by atoms with van der Waals surface area (Å²) in [6, 6.07) is 4.66. The van der Waals surface area contributed by atoms with Crippen LogP contribution in [0.3, 0.4) is 0 Å². The maximum Gasteiger partial charge on any atom is 0.238 e. The highest BCUT2D eigenvalue weighted by Crippen LogP contribution is 2.15. The second-order valence-electron chi connectivity index (χ2n) is 4.00. The molecule has 1 aromatic carbocycles. The van der Waals surface area contributed by atoms with Gasteiger partial charge in [0.05, 0.1) is 11.4 Å². The van der Waals surface area contributed by atoms with Gasteiger partial charge < -0.3 is 11.1 Å². The van der Waals surface area contributed by atoms with Crippen LogP contribution < -0.4 is 16.2 Å². The molecule has 19 heavy (non-hydrogen) atoms. The lowest BCUT2D eigenvalue weighted by molar-refractivity contribution is 0.597. The monoisotopic (exact) mass is 282 g/mol. The van der Waals surface area contributed by atoms with Gasteiger partial charge in [-0.25, -0.2) is 18.5 Å². The Morgan fingerprint density at radius 2 is 2.21 bits per heavy atom. The number of primary sulfonamides is 1. The van der Waals surface area contributed by atoms with Gasteiger partial charge in [-0.3, -0.25) is 0 Å². The van der Waals surface area contributed by atoms with Crippen LogP contribution in [0.2, 0.25) is 0 Å². The van der Waals surface area contributed by atoms with Crippen LogP contribution in [-0.4, -0.2) is 20.9 Å². The second kappa shape index (κ2) is 6.35. The van der Waals surface area contributed by atoms with Crippen LogP contribution in [0.4, 0.5) is 0 Å². The molecule has 0 aliphatic heterocycles. The predicted octanol–water partition coefficient (Wildman–Crippen LogP) is 0.233. The average molecular weight is 282 g/mol. The van der Waals surface area contributed by atoms with Crippen molar-refractivity contribution >= 4 is 16.0 Å². The first kappa shape index (κ1) is 15.2. The Balaban J connectivity index is 2.84. The molecule has 0 fully saturated rings. The second-order valence-corrected chi connectivity index (χ2v) is 5.57. The Morgan fingerprint density at radius 1 is 1.53 bits per heavy atom. The van der Waals surface area contributed by atoms with Crippen LogP contribution in [0.1, 0.15) is 11.1 Å². The van der Waals surface area contributed by atoms with E-state index in [1.54, 1.807) is 19.1 Å². The zero-order valence-electron chi connectivity index (χ0n) is 10.8. The third-order valence-electron chi connectivity index (χ3n) is 2.49. The molecule has 104 valence electrons. The van der Waals surface area contributed by atoms with Gasteiger partial charge in [-0.1, -0.05) is 12.1 Å². The molecule has 1 rings (SSSR count). The van der Waals surface area contributed by atoms with Gasteiger partial charge in [0, 0.05) is 6.54 Å². The third-order valence-corrected chi connectivity index (χ3v) is 3.40. The van der Waals surface area contributed by atoms with Crippen molar-refractivity contribution in [2.45, 2.75) is 18.4 Å². The van der Waals surface area contributed by atoms with E-state index in [1.807, 2.05) is 0 Å². The highest BCUT2D eigenvalue weighted by molar-refractivity contribution is 7.89. The molecule has 0 aliphatic rings. The van der Waals surface area contributed by atoms with Gasteiger partial charge in [-0.05, 0) is 30.2 Å². The minimum atomic E-state index is -3.67. The molecular weight excluding hydrogens is 264 g/mol. The number of nitrogens with zero attached hydrogens (tertiary/aromatic N) is 1. The highest BCUT2D eigenvalue weighted by atomic mass is 32.2. The van der Waals surface area contributed by atoms with Crippen molar-refractivity contribution in [2.75, 3.05) is 6.54 Å². The van der Waals surface area contributed by atoms with Crippen LogP contribution in [0.25, 0.3) is 0 Å². The fourth-order valence-corrected chi connectivity index (χ4v) is 2.02. The van der Waals surface area contributed by atoms with E-state index in [0.717, 1.165) is 11.1 Å². The molecule has 7 heteroatoms. The maximum absolute atomic E-state index is 11.2. The zero-order chi connectivity index (χ0) is 14.5. The molecule has 0 aromatic heterocycles. The predicted molar refractivity (Wildman–Crippen MR) is 76.1 cm³/mol. The first-order valence-electron chi connectivity index (χ1n) is 5.61. The van der Waals surface area contributed by atoms with Crippen molar-refractivity contribution in [3.63, 3.8) is 0 Å². The van der Waals surface area contributed by atoms with Crippen LogP contribution in [-0.2, 0) is 16.6 Å². The summed E-state index contributed by atoms with van der Waals surface area (Å²) in [5.74, 6) is 0.315. The zero-order valence-corrected chi connectivity index (χ0v) is 11.6. The quantitative estimate of drug-likeness (QED) is 0.408. The van der Waals surface area contributed by atoms with Gasteiger partial charge in [0.1, 0.15) is 0 Å². The standard InChI is InChI=1S/C12H18N4O2S/c1-3-6-15-12(13)16-8-10-4-5-11(7-9(10)2)19(14,17)18/h3-5,7H,1,6,8H2,2H3,(H3,13,15,16)(H2,14,17,18). The molecule has 0 spiro atoms. The number of aliphatic imine (C=N–C) groups is 1. The van der Waals surface area contributed by atoms with E-state index in [0.29, 0.717) is 19.0 Å². The summed E-state index contributed by atoms with van der Waals surface area (Å²) in [5.41, 5.74) is 7.31. The Hall–Kier alpha value is -1.86. The van der Waals surface area contributed by atoms with E-state index in [9.17, 15) is 8.42 Å². The van der Waals surface area contributed by atoms with Gasteiger partial charge in [0.2, 0.25) is 10.0 Å². The lowest BCUT2D eigenvalue weighted by Gasteiger charge is -2.06. The lowest BCUT2D eigenvalue weighted by atomic mass is 10.1. The van der Waals surface area contributed by atoms with E-state index in [1.165, 1.54) is 12.1 Å². The molecule has 1 aromatic rings. The molecule has 0 saturated carbocycles. The SMILES string of the molecule is C=CCNC(N)=NCc1ccc(S(N)(=O)=O)cc1C. The topological polar surface area (TPSA) is 111 Å². The van der Waals surface area contributed by atoms with E-state index in [4.69, 9.17) is 10.9 Å². The Kier molecular flexibility index (Phi) is 5.08. The number of aryl methyl sites for hydroxylation is 1. The molecule has 6 nitrogen and oxygen atoms in total. The molecular formula is C12H18N4O2S. The number of nitrogens with one attached hydrogen (secondary N) is 1. The van der Waals surface area contributed by atoms with Gasteiger partial charge in [0.25, 0.3) is 0 Å². The van der Waals surface area contributed by atoms with Crippen LogP contribution in [0.15, 0.2) is 40.7 Å². The number of sulfonamides is 1. The van der Waals surface area contributed by atoms with E-state index in [-0.39, 0.29) is 4.90 Å². The number of nitrogens with two attached hydrogens (primary N) is 2. The van der Waals surface area contributed by atoms with Crippen molar-refractivity contribution in [3.8, 4) is 0 Å². The fraction of sp³-hybridized carbons (Fsp3) is 0.250. The summed E-state index contributed by atoms with van der Waals surface area (Å²) in [6.45, 7) is 6.26. The minimum Gasteiger partial charge on any atom is -0.370 e. The summed E-state index contributed by atoms with van der Waals surface area (Å²) in [6.07, 6.45) is 1.68. The summed E-state index contributed by atoms with van der Waals surface area (Å²) in [7, 11) is -3.67. The first-order valence-corrected chi connectivity index (χ1v) is 7.16. The molecule has 0 heterocycles. The summed E-state index contributed by atoms with van der Waals surface area (Å²) in [4.78, 5) is 4.23. The Morgan fingerprint density at radius 3 is 2.74 bits per heavy atom. The fourth-order valence-electron chi connectivity index (χ4n) is 1.43. The van der Waals surface area contributed by atoms with E-state index < -0.39 is 10.0 Å². The van der Waals surface area contributed by atoms with E-state index >= 15 is 0 Å². The van der Waals surface area contributed by atoms with Crippen molar-refractivity contribution in [1.29, 1.82) is 0 Å². The molecule has 0 amide bonds. The first-order chi connectivity index (χ1) is 8.84. The number of hydrogen-bond donors (Lipinski definition) is 3. The number of rotatable bonds is 5. The molecule has 0 bridgehead atoms. The Labute approximate surface area is 113 Å². The van der Waals surface area contributed by atoms with Crippen LogP contribution in [0.5, 0.6) is 0 Å². The van der Waals surface area contributed by atoms with Gasteiger partial charge in [-0.2, -0.15) is 0 Å². The number of hydrogen-bond acceptors (Lipinski definition) is 3. The van der Waals surface area contributed by atoms with E-state index in [2.05, 4.69) is 16.9 Å². The van der Waals surface area contributed by atoms with Crippen LogP contribution in [0, 0.1) is 6.92 Å². The van der Waals surface area contributed by atoms with Crippen LogP contribution >= 0.6 is 0 Å². The van der Waals surface area contributed by atoms with Gasteiger partial charge in [-0.15, -0.1) is 6.58 Å². The normalized spacial score (nSPS) is 12.2. The third kappa shape index (κ3) is 4.72. The largest absolute Gasteiger partial charge is 0.370 e. The smallest absolute Gasteiger partial charge is 0.238 e. The number of guanidine groups is 1. The summed E-state index contributed by atoms with van der Waals surface area (Å²) < 4.78 is 22.4. The molecule has 5 N–H and O–H groups in total. The van der Waals surface area contributed by atoms with Crippen molar-refractivity contribution < 1.29 is 8.42 Å².